The Morgan fingerprint density at radius 1 is 1.17 bits per heavy atom. The van der Waals surface area contributed by atoms with Crippen LogP contribution in [0.1, 0.15) is 5.56 Å². The van der Waals surface area contributed by atoms with E-state index in [0.29, 0.717) is 16.8 Å². The van der Waals surface area contributed by atoms with Crippen molar-refractivity contribution < 1.29 is 14.3 Å². The van der Waals surface area contributed by atoms with Crippen LogP contribution in [0.5, 0.6) is 5.75 Å². The zero-order valence-corrected chi connectivity index (χ0v) is 13.1. The standard InChI is InChI=1S/C18H16N2O4/c1-23-14-6-4-5-13(9-14)12-24-18(22)11-20-16-8-3-2-7-15(16)19-10-17(20)21/h2-10H,11-12H2,1H3. The highest BCUT2D eigenvalue weighted by atomic mass is 16.5. The highest BCUT2D eigenvalue weighted by molar-refractivity contribution is 5.77. The van der Waals surface area contributed by atoms with Gasteiger partial charge in [-0.05, 0) is 29.8 Å². The highest BCUT2D eigenvalue weighted by Gasteiger charge is 2.10. The Balaban J connectivity index is 1.73. The Bertz CT molecular complexity index is 933. The fraction of sp³-hybridized carbons (Fsp3) is 0.167. The number of nitrogens with zero attached hydrogens (tertiary/aromatic N) is 2. The van der Waals surface area contributed by atoms with Gasteiger partial charge in [-0.15, -0.1) is 0 Å². The molecule has 3 rings (SSSR count). The topological polar surface area (TPSA) is 70.4 Å². The largest absolute Gasteiger partial charge is 0.497 e. The van der Waals surface area contributed by atoms with Gasteiger partial charge in [-0.2, -0.15) is 0 Å². The van der Waals surface area contributed by atoms with Gasteiger partial charge < -0.3 is 9.47 Å². The summed E-state index contributed by atoms with van der Waals surface area (Å²) in [4.78, 5) is 28.2. The molecule has 0 spiro atoms. The minimum absolute atomic E-state index is 0.119. The molecule has 0 aliphatic heterocycles. The van der Waals surface area contributed by atoms with E-state index in [2.05, 4.69) is 4.98 Å². The van der Waals surface area contributed by atoms with Gasteiger partial charge >= 0.3 is 5.97 Å². The van der Waals surface area contributed by atoms with E-state index in [9.17, 15) is 9.59 Å². The summed E-state index contributed by atoms with van der Waals surface area (Å²) in [6.07, 6.45) is 1.21. The molecule has 0 amide bonds. The summed E-state index contributed by atoms with van der Waals surface area (Å²) in [5.74, 6) is 0.205. The number of para-hydroxylation sites is 2. The first-order valence-corrected chi connectivity index (χ1v) is 7.40. The van der Waals surface area contributed by atoms with Crippen molar-refractivity contribution in [1.29, 1.82) is 0 Å². The fourth-order valence-corrected chi connectivity index (χ4v) is 2.38. The van der Waals surface area contributed by atoms with Gasteiger partial charge in [-0.3, -0.25) is 14.2 Å². The molecule has 24 heavy (non-hydrogen) atoms. The molecule has 0 N–H and O–H groups in total. The number of hydrogen-bond donors (Lipinski definition) is 0. The molecule has 0 fully saturated rings. The van der Waals surface area contributed by atoms with E-state index in [1.54, 1.807) is 31.4 Å². The minimum atomic E-state index is -0.490. The average Bonchev–Trinajstić information content (AvgIpc) is 2.62. The summed E-state index contributed by atoms with van der Waals surface area (Å²) in [5.41, 5.74) is 1.72. The van der Waals surface area contributed by atoms with Crippen LogP contribution >= 0.6 is 0 Å². The molecule has 0 saturated carbocycles. The first kappa shape index (κ1) is 15.7. The Labute approximate surface area is 138 Å². The number of methoxy groups -OCH3 is 1. The SMILES string of the molecule is COc1cccc(COC(=O)Cn2c(=O)cnc3ccccc32)c1. The van der Waals surface area contributed by atoms with Crippen molar-refractivity contribution in [2.24, 2.45) is 0 Å². The van der Waals surface area contributed by atoms with Crippen molar-refractivity contribution in [3.05, 3.63) is 70.6 Å². The second-order valence-corrected chi connectivity index (χ2v) is 5.18. The number of rotatable bonds is 5. The number of hydrogen-bond acceptors (Lipinski definition) is 5. The van der Waals surface area contributed by atoms with E-state index in [1.807, 2.05) is 24.3 Å². The normalized spacial score (nSPS) is 10.5. The number of carbonyl (C=O) groups is 1. The molecule has 0 bridgehead atoms. The smallest absolute Gasteiger partial charge is 0.326 e. The zero-order chi connectivity index (χ0) is 16.9. The van der Waals surface area contributed by atoms with E-state index >= 15 is 0 Å². The summed E-state index contributed by atoms with van der Waals surface area (Å²) >= 11 is 0. The average molecular weight is 324 g/mol. The van der Waals surface area contributed by atoms with E-state index in [4.69, 9.17) is 9.47 Å². The van der Waals surface area contributed by atoms with Gasteiger partial charge in [-0.25, -0.2) is 4.98 Å². The second kappa shape index (κ2) is 6.95. The zero-order valence-electron chi connectivity index (χ0n) is 13.1. The fourth-order valence-electron chi connectivity index (χ4n) is 2.38. The number of fused-ring (bicyclic) bond motifs is 1. The second-order valence-electron chi connectivity index (χ2n) is 5.18. The molecular weight excluding hydrogens is 308 g/mol. The molecule has 0 aliphatic carbocycles. The van der Waals surface area contributed by atoms with Crippen molar-refractivity contribution in [2.75, 3.05) is 7.11 Å². The maximum Gasteiger partial charge on any atom is 0.326 e. The van der Waals surface area contributed by atoms with Gasteiger partial charge in [0, 0.05) is 0 Å². The van der Waals surface area contributed by atoms with Crippen LogP contribution in [0.15, 0.2) is 59.5 Å². The van der Waals surface area contributed by atoms with Crippen molar-refractivity contribution in [3.63, 3.8) is 0 Å². The van der Waals surface area contributed by atoms with Crippen LogP contribution in [-0.2, 0) is 22.7 Å². The van der Waals surface area contributed by atoms with Gasteiger partial charge in [0.15, 0.2) is 0 Å². The highest BCUT2D eigenvalue weighted by Crippen LogP contribution is 2.13. The molecule has 6 nitrogen and oxygen atoms in total. The van der Waals surface area contributed by atoms with Gasteiger partial charge in [0.05, 0.1) is 24.3 Å². The molecule has 122 valence electrons. The quantitative estimate of drug-likeness (QED) is 0.673. The van der Waals surface area contributed by atoms with E-state index < -0.39 is 5.97 Å². The van der Waals surface area contributed by atoms with Crippen molar-refractivity contribution in [3.8, 4) is 5.75 Å². The van der Waals surface area contributed by atoms with Gasteiger partial charge in [0.25, 0.3) is 5.56 Å². The van der Waals surface area contributed by atoms with Crippen molar-refractivity contribution >= 4 is 17.0 Å². The number of ether oxygens (including phenoxy) is 2. The summed E-state index contributed by atoms with van der Waals surface area (Å²) in [7, 11) is 1.58. The third-order valence-electron chi connectivity index (χ3n) is 3.57. The maximum absolute atomic E-state index is 12.1. The lowest BCUT2D eigenvalue weighted by Crippen LogP contribution is -2.25. The molecule has 1 aromatic heterocycles. The Kier molecular flexibility index (Phi) is 4.56. The van der Waals surface area contributed by atoms with Crippen molar-refractivity contribution in [2.45, 2.75) is 13.2 Å². The molecular formula is C18H16N2O4. The van der Waals surface area contributed by atoms with Crippen LogP contribution < -0.4 is 10.3 Å². The van der Waals surface area contributed by atoms with Crippen LogP contribution in [-0.4, -0.2) is 22.6 Å². The van der Waals surface area contributed by atoms with Crippen LogP contribution in [0.2, 0.25) is 0 Å². The van der Waals surface area contributed by atoms with Crippen LogP contribution in [0.25, 0.3) is 11.0 Å². The monoisotopic (exact) mass is 324 g/mol. The van der Waals surface area contributed by atoms with E-state index in [-0.39, 0.29) is 18.7 Å². The molecule has 0 atom stereocenters. The lowest BCUT2D eigenvalue weighted by Gasteiger charge is -2.10. The molecule has 2 aromatic carbocycles. The van der Waals surface area contributed by atoms with Crippen LogP contribution in [0.4, 0.5) is 0 Å². The van der Waals surface area contributed by atoms with E-state index in [0.717, 1.165) is 5.56 Å². The van der Waals surface area contributed by atoms with Gasteiger partial charge in [0.1, 0.15) is 18.9 Å². The number of esters is 1. The summed E-state index contributed by atoms with van der Waals surface area (Å²) in [6.45, 7) is -0.0420. The number of carbonyl (C=O) groups excluding carboxylic acids is 1. The molecule has 0 radical (unpaired) electrons. The van der Waals surface area contributed by atoms with Gasteiger partial charge in [0.2, 0.25) is 0 Å². The number of benzene rings is 2. The van der Waals surface area contributed by atoms with E-state index in [1.165, 1.54) is 10.8 Å². The molecule has 6 heteroatoms. The molecule has 0 aliphatic rings. The first-order valence-electron chi connectivity index (χ1n) is 7.40. The minimum Gasteiger partial charge on any atom is -0.497 e. The summed E-state index contributed by atoms with van der Waals surface area (Å²) < 4.78 is 11.7. The first-order chi connectivity index (χ1) is 11.7. The lowest BCUT2D eigenvalue weighted by molar-refractivity contribution is -0.145. The van der Waals surface area contributed by atoms with Crippen LogP contribution in [0.3, 0.4) is 0 Å². The maximum atomic E-state index is 12.1. The lowest BCUT2D eigenvalue weighted by atomic mass is 10.2. The predicted molar refractivity (Wildman–Crippen MR) is 88.8 cm³/mol. The number of aromatic nitrogens is 2. The third kappa shape index (κ3) is 3.43. The van der Waals surface area contributed by atoms with Gasteiger partial charge in [-0.1, -0.05) is 24.3 Å². The molecule has 1 heterocycles. The molecule has 0 saturated heterocycles. The molecule has 3 aromatic rings. The molecule has 0 unspecified atom stereocenters. The Hall–Kier alpha value is -3.15. The summed E-state index contributed by atoms with van der Waals surface area (Å²) in [5, 5.41) is 0. The Morgan fingerprint density at radius 2 is 2.00 bits per heavy atom. The summed E-state index contributed by atoms with van der Waals surface area (Å²) in [6, 6.07) is 14.4. The third-order valence-corrected chi connectivity index (χ3v) is 3.57. The van der Waals surface area contributed by atoms with Crippen molar-refractivity contribution in [1.82, 2.24) is 9.55 Å². The Morgan fingerprint density at radius 3 is 2.83 bits per heavy atom. The predicted octanol–water partition coefficient (Wildman–Crippen LogP) is 2.15. The van der Waals surface area contributed by atoms with Crippen LogP contribution in [0, 0.1) is 0 Å².